The quantitative estimate of drug-likeness (QED) is 0.585. The van der Waals surface area contributed by atoms with Crippen molar-refractivity contribution in [2.75, 3.05) is 6.61 Å². The van der Waals surface area contributed by atoms with Gasteiger partial charge in [-0.05, 0) is 51.3 Å². The molecule has 0 heterocycles. The molecule has 0 aliphatic carbocycles. The van der Waals surface area contributed by atoms with Crippen LogP contribution in [0.5, 0.6) is 11.5 Å². The van der Waals surface area contributed by atoms with E-state index >= 15 is 0 Å². The number of aryl methyl sites for hydroxylation is 1. The minimum atomic E-state index is 0.176. The number of hydrogen-bond donors (Lipinski definition) is 0. The zero-order chi connectivity index (χ0) is 14.1. The Balaban J connectivity index is 2.66. The van der Waals surface area contributed by atoms with Crippen molar-refractivity contribution in [3.63, 3.8) is 0 Å². The van der Waals surface area contributed by atoms with E-state index in [4.69, 9.17) is 9.47 Å². The highest BCUT2D eigenvalue weighted by Crippen LogP contribution is 2.30. The summed E-state index contributed by atoms with van der Waals surface area (Å²) in [5.41, 5.74) is 1.34. The lowest BCUT2D eigenvalue weighted by Crippen LogP contribution is -2.07. The van der Waals surface area contributed by atoms with E-state index in [0.29, 0.717) is 6.61 Å². The van der Waals surface area contributed by atoms with Crippen molar-refractivity contribution in [2.45, 2.75) is 65.9 Å². The van der Waals surface area contributed by atoms with Gasteiger partial charge in [-0.15, -0.1) is 0 Å². The molecule has 0 fully saturated rings. The molecule has 1 aromatic rings. The van der Waals surface area contributed by atoms with Crippen molar-refractivity contribution >= 4 is 0 Å². The number of unbranched alkanes of at least 4 members (excludes halogenated alkanes) is 3. The third kappa shape index (κ3) is 6.00. The van der Waals surface area contributed by atoms with Gasteiger partial charge in [-0.1, -0.05) is 32.3 Å². The molecule has 0 aliphatic rings. The fraction of sp³-hybridized carbons (Fsp3) is 0.647. The highest BCUT2D eigenvalue weighted by atomic mass is 16.5. The molecule has 108 valence electrons. The van der Waals surface area contributed by atoms with Gasteiger partial charge >= 0.3 is 0 Å². The van der Waals surface area contributed by atoms with Gasteiger partial charge in [-0.3, -0.25) is 0 Å². The summed E-state index contributed by atoms with van der Waals surface area (Å²) in [5, 5.41) is 0. The molecule has 0 atom stereocenters. The minimum absolute atomic E-state index is 0.176. The van der Waals surface area contributed by atoms with E-state index in [-0.39, 0.29) is 6.10 Å². The van der Waals surface area contributed by atoms with Crippen LogP contribution in [0.2, 0.25) is 0 Å². The highest BCUT2D eigenvalue weighted by molar-refractivity contribution is 5.43. The molecule has 0 spiro atoms. The first-order chi connectivity index (χ1) is 9.17. The van der Waals surface area contributed by atoms with E-state index < -0.39 is 0 Å². The second kappa shape index (κ2) is 8.84. The lowest BCUT2D eigenvalue weighted by molar-refractivity contribution is 0.223. The SMILES string of the molecule is CCCCCCc1ccc(OC(C)C)c(OCC)c1. The van der Waals surface area contributed by atoms with E-state index in [0.717, 1.165) is 17.9 Å². The van der Waals surface area contributed by atoms with Gasteiger partial charge in [0.1, 0.15) is 0 Å². The van der Waals surface area contributed by atoms with Crippen LogP contribution in [0, 0.1) is 0 Å². The van der Waals surface area contributed by atoms with E-state index in [1.54, 1.807) is 0 Å². The van der Waals surface area contributed by atoms with Gasteiger partial charge in [-0.2, -0.15) is 0 Å². The number of ether oxygens (including phenoxy) is 2. The van der Waals surface area contributed by atoms with Crippen LogP contribution >= 0.6 is 0 Å². The molecule has 1 rings (SSSR count). The molecular weight excluding hydrogens is 236 g/mol. The summed E-state index contributed by atoms with van der Waals surface area (Å²) < 4.78 is 11.5. The Morgan fingerprint density at radius 1 is 1.00 bits per heavy atom. The van der Waals surface area contributed by atoms with Gasteiger partial charge in [0.15, 0.2) is 11.5 Å². The van der Waals surface area contributed by atoms with E-state index in [2.05, 4.69) is 19.1 Å². The molecule has 2 nitrogen and oxygen atoms in total. The third-order valence-corrected chi connectivity index (χ3v) is 2.99. The molecule has 1 aromatic carbocycles. The van der Waals surface area contributed by atoms with Crippen molar-refractivity contribution in [3.05, 3.63) is 23.8 Å². The van der Waals surface area contributed by atoms with Gasteiger partial charge in [-0.25, -0.2) is 0 Å². The van der Waals surface area contributed by atoms with Crippen LogP contribution in [-0.2, 0) is 6.42 Å². The summed E-state index contributed by atoms with van der Waals surface area (Å²) in [6.07, 6.45) is 6.48. The maximum atomic E-state index is 5.77. The third-order valence-electron chi connectivity index (χ3n) is 2.99. The fourth-order valence-corrected chi connectivity index (χ4v) is 2.08. The van der Waals surface area contributed by atoms with Crippen LogP contribution in [0.3, 0.4) is 0 Å². The van der Waals surface area contributed by atoms with Crippen molar-refractivity contribution < 1.29 is 9.47 Å². The average molecular weight is 264 g/mol. The Hall–Kier alpha value is -1.18. The fourth-order valence-electron chi connectivity index (χ4n) is 2.08. The van der Waals surface area contributed by atoms with Crippen molar-refractivity contribution in [2.24, 2.45) is 0 Å². The number of hydrogen-bond acceptors (Lipinski definition) is 2. The average Bonchev–Trinajstić information content (AvgIpc) is 2.37. The Morgan fingerprint density at radius 3 is 2.42 bits per heavy atom. The second-order valence-corrected chi connectivity index (χ2v) is 5.19. The van der Waals surface area contributed by atoms with Crippen LogP contribution in [0.25, 0.3) is 0 Å². The predicted molar refractivity (Wildman–Crippen MR) is 81.2 cm³/mol. The molecule has 0 bridgehead atoms. The summed E-state index contributed by atoms with van der Waals surface area (Å²) in [7, 11) is 0. The molecule has 2 heteroatoms. The predicted octanol–water partition coefficient (Wildman–Crippen LogP) is 5.00. The first-order valence-electron chi connectivity index (χ1n) is 7.59. The summed E-state index contributed by atoms with van der Waals surface area (Å²) in [4.78, 5) is 0. The Bertz CT molecular complexity index is 358. The van der Waals surface area contributed by atoms with Gasteiger partial charge in [0.2, 0.25) is 0 Å². The Morgan fingerprint density at radius 2 is 1.79 bits per heavy atom. The van der Waals surface area contributed by atoms with Crippen molar-refractivity contribution in [1.82, 2.24) is 0 Å². The lowest BCUT2D eigenvalue weighted by atomic mass is 10.1. The number of rotatable bonds is 9. The Labute approximate surface area is 118 Å². The zero-order valence-corrected chi connectivity index (χ0v) is 12.9. The standard InChI is InChI=1S/C17H28O2/c1-5-7-8-9-10-15-11-12-16(19-14(3)4)17(13-15)18-6-2/h11-14H,5-10H2,1-4H3. The smallest absolute Gasteiger partial charge is 0.161 e. The molecule has 0 aromatic heterocycles. The van der Waals surface area contributed by atoms with Crippen molar-refractivity contribution in [3.8, 4) is 11.5 Å². The van der Waals surface area contributed by atoms with Crippen molar-refractivity contribution in [1.29, 1.82) is 0 Å². The largest absolute Gasteiger partial charge is 0.490 e. The van der Waals surface area contributed by atoms with Crippen LogP contribution in [0.1, 0.15) is 58.9 Å². The van der Waals surface area contributed by atoms with E-state index in [1.807, 2.05) is 26.8 Å². The van der Waals surface area contributed by atoms with Gasteiger partial charge in [0, 0.05) is 0 Å². The molecule has 0 saturated heterocycles. The number of benzene rings is 1. The van der Waals surface area contributed by atoms with Crippen LogP contribution in [0.4, 0.5) is 0 Å². The maximum absolute atomic E-state index is 5.77. The first kappa shape index (κ1) is 15.9. The van der Waals surface area contributed by atoms with Gasteiger partial charge in [0.25, 0.3) is 0 Å². The summed E-state index contributed by atoms with van der Waals surface area (Å²) in [6, 6.07) is 6.33. The minimum Gasteiger partial charge on any atom is -0.490 e. The lowest BCUT2D eigenvalue weighted by Gasteiger charge is -2.15. The van der Waals surface area contributed by atoms with E-state index in [1.165, 1.54) is 31.2 Å². The molecule has 0 aliphatic heterocycles. The Kier molecular flexibility index (Phi) is 7.39. The van der Waals surface area contributed by atoms with E-state index in [9.17, 15) is 0 Å². The maximum Gasteiger partial charge on any atom is 0.161 e. The van der Waals surface area contributed by atoms with Crippen LogP contribution in [-0.4, -0.2) is 12.7 Å². The highest BCUT2D eigenvalue weighted by Gasteiger charge is 2.08. The molecule has 0 saturated carbocycles. The summed E-state index contributed by atoms with van der Waals surface area (Å²) in [5.74, 6) is 1.73. The molecule has 0 unspecified atom stereocenters. The zero-order valence-electron chi connectivity index (χ0n) is 12.9. The molecule has 0 radical (unpaired) electrons. The molecule has 0 amide bonds. The molecular formula is C17H28O2. The van der Waals surface area contributed by atoms with Crippen LogP contribution in [0.15, 0.2) is 18.2 Å². The normalized spacial score (nSPS) is 10.8. The summed E-state index contributed by atoms with van der Waals surface area (Å²) >= 11 is 0. The second-order valence-electron chi connectivity index (χ2n) is 5.19. The van der Waals surface area contributed by atoms with Gasteiger partial charge in [0.05, 0.1) is 12.7 Å². The topological polar surface area (TPSA) is 18.5 Å². The van der Waals surface area contributed by atoms with Gasteiger partial charge < -0.3 is 9.47 Å². The van der Waals surface area contributed by atoms with Crippen LogP contribution < -0.4 is 9.47 Å². The summed E-state index contributed by atoms with van der Waals surface area (Å²) in [6.45, 7) is 8.99. The monoisotopic (exact) mass is 264 g/mol. The first-order valence-corrected chi connectivity index (χ1v) is 7.59. The molecule has 19 heavy (non-hydrogen) atoms. The molecule has 0 N–H and O–H groups in total.